The fourth-order valence-corrected chi connectivity index (χ4v) is 3.27. The molecule has 1 aliphatic rings. The zero-order valence-electron chi connectivity index (χ0n) is 11.7. The third kappa shape index (κ3) is 3.60. The first-order chi connectivity index (χ1) is 9.53. The Balaban J connectivity index is 1.92. The zero-order chi connectivity index (χ0) is 14.6. The van der Waals surface area contributed by atoms with Crippen molar-refractivity contribution in [2.75, 3.05) is 19.7 Å². The molecular formula is C15H20N2O2S. The van der Waals surface area contributed by atoms with Crippen LogP contribution in [0, 0.1) is 17.3 Å². The Morgan fingerprint density at radius 1 is 1.60 bits per heavy atom. The number of aliphatic hydroxyl groups excluding tert-OH is 1. The lowest BCUT2D eigenvalue weighted by Gasteiger charge is -2.20. The molecule has 5 heteroatoms. The van der Waals surface area contributed by atoms with Gasteiger partial charge in [-0.1, -0.05) is 11.8 Å². The van der Waals surface area contributed by atoms with Gasteiger partial charge in [-0.3, -0.25) is 9.69 Å². The van der Waals surface area contributed by atoms with Gasteiger partial charge >= 0.3 is 0 Å². The van der Waals surface area contributed by atoms with E-state index in [1.54, 1.807) is 11.3 Å². The molecule has 1 amide bonds. The highest BCUT2D eigenvalue weighted by Gasteiger charge is 2.38. The van der Waals surface area contributed by atoms with Gasteiger partial charge in [-0.25, -0.2) is 0 Å². The second kappa shape index (κ2) is 6.40. The fourth-order valence-electron chi connectivity index (χ4n) is 2.35. The van der Waals surface area contributed by atoms with E-state index in [-0.39, 0.29) is 17.9 Å². The number of nitrogens with two attached hydrogens (primary N) is 1. The van der Waals surface area contributed by atoms with Crippen LogP contribution in [0.15, 0.2) is 12.1 Å². The molecule has 108 valence electrons. The van der Waals surface area contributed by atoms with E-state index in [2.05, 4.69) is 22.8 Å². The molecule has 0 radical (unpaired) electrons. The van der Waals surface area contributed by atoms with E-state index in [9.17, 15) is 4.79 Å². The molecule has 0 aromatic carbocycles. The van der Waals surface area contributed by atoms with Gasteiger partial charge in [0, 0.05) is 24.4 Å². The molecular weight excluding hydrogens is 272 g/mol. The van der Waals surface area contributed by atoms with Crippen LogP contribution in [-0.2, 0) is 11.3 Å². The van der Waals surface area contributed by atoms with Crippen LogP contribution in [0.25, 0.3) is 0 Å². The number of hydrogen-bond donors (Lipinski definition) is 2. The van der Waals surface area contributed by atoms with Crippen molar-refractivity contribution in [2.45, 2.75) is 26.3 Å². The maximum absolute atomic E-state index is 11.4. The van der Waals surface area contributed by atoms with Crippen LogP contribution in [0.5, 0.6) is 0 Å². The average molecular weight is 292 g/mol. The molecule has 20 heavy (non-hydrogen) atoms. The van der Waals surface area contributed by atoms with Crippen molar-refractivity contribution in [2.24, 2.45) is 11.1 Å². The number of aliphatic hydroxyl groups is 1. The zero-order valence-corrected chi connectivity index (χ0v) is 12.5. The minimum Gasteiger partial charge on any atom is -0.395 e. The third-order valence-electron chi connectivity index (χ3n) is 3.64. The minimum atomic E-state index is -0.388. The minimum absolute atomic E-state index is 0.102. The number of rotatable bonds is 4. The summed E-state index contributed by atoms with van der Waals surface area (Å²) in [6, 6.07) is 4.08. The van der Waals surface area contributed by atoms with Crippen molar-refractivity contribution < 1.29 is 9.90 Å². The summed E-state index contributed by atoms with van der Waals surface area (Å²) in [7, 11) is 0. The molecule has 1 aromatic heterocycles. The highest BCUT2D eigenvalue weighted by atomic mass is 32.1. The predicted molar refractivity (Wildman–Crippen MR) is 80.1 cm³/mol. The molecule has 0 aliphatic carbocycles. The Hall–Kier alpha value is -1.35. The van der Waals surface area contributed by atoms with E-state index in [0.717, 1.165) is 30.9 Å². The van der Waals surface area contributed by atoms with E-state index in [1.165, 1.54) is 4.88 Å². The van der Waals surface area contributed by atoms with Crippen molar-refractivity contribution in [3.8, 4) is 11.8 Å². The van der Waals surface area contributed by atoms with Gasteiger partial charge < -0.3 is 10.8 Å². The van der Waals surface area contributed by atoms with Gasteiger partial charge in [-0.05, 0) is 32.0 Å². The molecule has 1 atom stereocenters. The number of amides is 1. The lowest BCUT2D eigenvalue weighted by atomic mass is 9.89. The van der Waals surface area contributed by atoms with Crippen LogP contribution >= 0.6 is 11.3 Å². The topological polar surface area (TPSA) is 66.6 Å². The van der Waals surface area contributed by atoms with Gasteiger partial charge in [0.25, 0.3) is 0 Å². The Bertz CT molecular complexity index is 544. The van der Waals surface area contributed by atoms with Crippen molar-refractivity contribution >= 4 is 17.2 Å². The molecule has 1 fully saturated rings. The molecule has 3 N–H and O–H groups in total. The van der Waals surface area contributed by atoms with E-state index < -0.39 is 0 Å². The number of thiophene rings is 1. The van der Waals surface area contributed by atoms with E-state index >= 15 is 0 Å². The molecule has 2 heterocycles. The van der Waals surface area contributed by atoms with Crippen molar-refractivity contribution in [1.29, 1.82) is 0 Å². The average Bonchev–Trinajstić information content (AvgIpc) is 2.99. The van der Waals surface area contributed by atoms with E-state index in [0.29, 0.717) is 6.42 Å². The van der Waals surface area contributed by atoms with Gasteiger partial charge in [0.15, 0.2) is 0 Å². The van der Waals surface area contributed by atoms with Crippen molar-refractivity contribution in [3.63, 3.8) is 0 Å². The summed E-state index contributed by atoms with van der Waals surface area (Å²) in [5.41, 5.74) is 5.07. The van der Waals surface area contributed by atoms with Crippen LogP contribution in [-0.4, -0.2) is 35.6 Å². The maximum Gasteiger partial charge on any atom is 0.224 e. The molecule has 0 saturated carbocycles. The fraction of sp³-hybridized carbons (Fsp3) is 0.533. The lowest BCUT2D eigenvalue weighted by molar-refractivity contribution is -0.126. The Morgan fingerprint density at radius 3 is 3.05 bits per heavy atom. The number of carbonyl (C=O) groups excluding carboxylic acids is 1. The van der Waals surface area contributed by atoms with Gasteiger partial charge in [0.1, 0.15) is 0 Å². The first-order valence-electron chi connectivity index (χ1n) is 6.74. The van der Waals surface area contributed by atoms with Crippen LogP contribution in [0.2, 0.25) is 0 Å². The molecule has 1 unspecified atom stereocenters. The van der Waals surface area contributed by atoms with E-state index in [1.807, 2.05) is 13.0 Å². The smallest absolute Gasteiger partial charge is 0.224 e. The van der Waals surface area contributed by atoms with Gasteiger partial charge in [0.05, 0.1) is 16.9 Å². The van der Waals surface area contributed by atoms with Crippen LogP contribution in [0.4, 0.5) is 0 Å². The summed E-state index contributed by atoms with van der Waals surface area (Å²) >= 11 is 1.67. The second-order valence-corrected chi connectivity index (χ2v) is 6.60. The molecule has 1 saturated heterocycles. The molecule has 1 aromatic rings. The number of likely N-dealkylation sites (tertiary alicyclic amines) is 1. The van der Waals surface area contributed by atoms with Crippen LogP contribution in [0.3, 0.4) is 0 Å². The largest absolute Gasteiger partial charge is 0.395 e. The molecule has 0 bridgehead atoms. The highest BCUT2D eigenvalue weighted by molar-refractivity contribution is 7.12. The number of carbonyl (C=O) groups is 1. The SMILES string of the molecule is CC1(C(N)=O)CCN(Cc2ccc(C#CCCO)s2)C1. The lowest BCUT2D eigenvalue weighted by Crippen LogP contribution is -2.36. The van der Waals surface area contributed by atoms with Crippen molar-refractivity contribution in [3.05, 3.63) is 21.9 Å². The number of hydrogen-bond acceptors (Lipinski definition) is 4. The summed E-state index contributed by atoms with van der Waals surface area (Å²) < 4.78 is 0. The van der Waals surface area contributed by atoms with E-state index in [4.69, 9.17) is 10.8 Å². The second-order valence-electron chi connectivity index (χ2n) is 5.43. The summed E-state index contributed by atoms with van der Waals surface area (Å²) in [5, 5.41) is 8.69. The van der Waals surface area contributed by atoms with Gasteiger partial charge in [-0.15, -0.1) is 11.3 Å². The van der Waals surface area contributed by atoms with Gasteiger partial charge in [0.2, 0.25) is 5.91 Å². The van der Waals surface area contributed by atoms with Crippen LogP contribution in [0.1, 0.15) is 29.5 Å². The van der Waals surface area contributed by atoms with Crippen molar-refractivity contribution in [1.82, 2.24) is 4.90 Å². The predicted octanol–water partition coefficient (Wildman–Crippen LogP) is 1.18. The molecule has 0 spiro atoms. The Labute approximate surface area is 123 Å². The molecule has 2 rings (SSSR count). The first-order valence-corrected chi connectivity index (χ1v) is 7.56. The Morgan fingerprint density at radius 2 is 2.40 bits per heavy atom. The molecule has 1 aliphatic heterocycles. The first kappa shape index (κ1) is 15.0. The normalized spacial score (nSPS) is 22.5. The summed E-state index contributed by atoms with van der Waals surface area (Å²) in [6.07, 6.45) is 1.34. The standard InChI is InChI=1S/C15H20N2O2S/c1-15(14(16)19)7-8-17(11-15)10-13-6-5-12(20-13)4-2-3-9-18/h5-6,18H,3,7-11H2,1H3,(H2,16,19). The Kier molecular flexibility index (Phi) is 4.81. The third-order valence-corrected chi connectivity index (χ3v) is 4.62. The summed E-state index contributed by atoms with van der Waals surface area (Å²) in [5.74, 6) is 5.76. The number of primary amides is 1. The monoisotopic (exact) mass is 292 g/mol. The summed E-state index contributed by atoms with van der Waals surface area (Å²) in [6.45, 7) is 4.52. The summed E-state index contributed by atoms with van der Waals surface area (Å²) in [4.78, 5) is 16.0. The highest BCUT2D eigenvalue weighted by Crippen LogP contribution is 2.31. The number of nitrogens with zero attached hydrogens (tertiary/aromatic N) is 1. The maximum atomic E-state index is 11.4. The molecule has 4 nitrogen and oxygen atoms in total. The van der Waals surface area contributed by atoms with Gasteiger partial charge in [-0.2, -0.15) is 0 Å². The quantitative estimate of drug-likeness (QED) is 0.819. The van der Waals surface area contributed by atoms with Crippen LogP contribution < -0.4 is 5.73 Å².